The lowest BCUT2D eigenvalue weighted by molar-refractivity contribution is 0.0941. The topological polar surface area (TPSA) is 76.4 Å². The van der Waals surface area contributed by atoms with Crippen LogP contribution in [0.5, 0.6) is 5.75 Å². The minimum Gasteiger partial charge on any atom is -0.491 e. The van der Waals surface area contributed by atoms with Crippen LogP contribution in [0.3, 0.4) is 0 Å². The molecule has 0 aliphatic carbocycles. The molecule has 0 fully saturated rings. The Hall–Kier alpha value is -2.34. The molecule has 6 heteroatoms. The van der Waals surface area contributed by atoms with E-state index in [-0.39, 0.29) is 19.1 Å². The molecular weight excluding hydrogens is 270 g/mol. The summed E-state index contributed by atoms with van der Waals surface area (Å²) in [5, 5.41) is 15.8. The average Bonchev–Trinajstić information content (AvgIpc) is 2.82. The normalized spacial score (nSPS) is 10.4. The van der Waals surface area contributed by atoms with Crippen molar-refractivity contribution >= 4 is 5.91 Å². The first-order valence-electron chi connectivity index (χ1n) is 6.72. The Labute approximate surface area is 123 Å². The second-order valence-electron chi connectivity index (χ2n) is 4.66. The Balaban J connectivity index is 2.03. The maximum Gasteiger partial charge on any atom is 0.269 e. The molecule has 1 aromatic carbocycles. The number of benzene rings is 1. The van der Waals surface area contributed by atoms with Gasteiger partial charge in [0, 0.05) is 19.2 Å². The van der Waals surface area contributed by atoms with E-state index in [2.05, 4.69) is 10.4 Å². The predicted molar refractivity (Wildman–Crippen MR) is 78.1 cm³/mol. The van der Waals surface area contributed by atoms with Crippen molar-refractivity contribution in [2.75, 3.05) is 13.2 Å². The highest BCUT2D eigenvalue weighted by Crippen LogP contribution is 2.17. The lowest BCUT2D eigenvalue weighted by atomic mass is 10.2. The maximum absolute atomic E-state index is 12.1. The van der Waals surface area contributed by atoms with Crippen LogP contribution in [-0.4, -0.2) is 34.0 Å². The molecule has 1 aromatic heterocycles. The molecule has 0 radical (unpaired) electrons. The van der Waals surface area contributed by atoms with Crippen LogP contribution in [0, 0.1) is 6.92 Å². The van der Waals surface area contributed by atoms with E-state index in [1.165, 1.54) is 0 Å². The number of aromatic nitrogens is 2. The molecule has 0 atom stereocenters. The second-order valence-corrected chi connectivity index (χ2v) is 4.66. The number of hydrogen-bond donors (Lipinski definition) is 2. The van der Waals surface area contributed by atoms with Gasteiger partial charge in [0.05, 0.1) is 12.3 Å². The molecule has 2 rings (SSSR count). The first-order chi connectivity index (χ1) is 10.1. The van der Waals surface area contributed by atoms with E-state index in [0.717, 1.165) is 11.3 Å². The molecule has 6 nitrogen and oxygen atoms in total. The fourth-order valence-electron chi connectivity index (χ4n) is 2.04. The summed E-state index contributed by atoms with van der Waals surface area (Å²) in [5.41, 5.74) is 2.17. The molecule has 1 heterocycles. The third-order valence-corrected chi connectivity index (χ3v) is 3.00. The number of carbonyl (C=O) groups is 1. The summed E-state index contributed by atoms with van der Waals surface area (Å²) in [6.07, 6.45) is 0. The van der Waals surface area contributed by atoms with Gasteiger partial charge in [0.25, 0.3) is 5.91 Å². The van der Waals surface area contributed by atoms with Crippen molar-refractivity contribution in [2.45, 2.75) is 13.5 Å². The number of aliphatic hydroxyl groups is 1. The molecule has 0 bridgehead atoms. The highest BCUT2D eigenvalue weighted by atomic mass is 16.5. The van der Waals surface area contributed by atoms with Gasteiger partial charge in [-0.15, -0.1) is 0 Å². The standard InChI is InChI=1S/C15H19N3O3/c1-11-9-13(18(2)17-11)15(20)16-10-12-5-3-4-6-14(12)21-8-7-19/h3-6,9,19H,7-8,10H2,1-2H3,(H,16,20). The third kappa shape index (κ3) is 3.82. The number of hydrogen-bond acceptors (Lipinski definition) is 4. The monoisotopic (exact) mass is 289 g/mol. The Bertz CT molecular complexity index is 622. The van der Waals surface area contributed by atoms with Crippen LogP contribution in [0.15, 0.2) is 30.3 Å². The summed E-state index contributed by atoms with van der Waals surface area (Å²) in [4.78, 5) is 12.1. The summed E-state index contributed by atoms with van der Waals surface area (Å²) >= 11 is 0. The van der Waals surface area contributed by atoms with Crippen LogP contribution >= 0.6 is 0 Å². The quantitative estimate of drug-likeness (QED) is 0.833. The predicted octanol–water partition coefficient (Wildman–Crippen LogP) is 1.03. The Morgan fingerprint density at radius 3 is 2.86 bits per heavy atom. The zero-order valence-corrected chi connectivity index (χ0v) is 12.2. The van der Waals surface area contributed by atoms with E-state index in [0.29, 0.717) is 18.0 Å². The van der Waals surface area contributed by atoms with Gasteiger partial charge in [-0.2, -0.15) is 5.10 Å². The van der Waals surface area contributed by atoms with E-state index in [1.54, 1.807) is 17.8 Å². The Morgan fingerprint density at radius 2 is 2.19 bits per heavy atom. The van der Waals surface area contributed by atoms with Crippen molar-refractivity contribution < 1.29 is 14.6 Å². The first-order valence-corrected chi connectivity index (χ1v) is 6.72. The highest BCUT2D eigenvalue weighted by Gasteiger charge is 2.12. The van der Waals surface area contributed by atoms with Gasteiger partial charge in [-0.25, -0.2) is 0 Å². The number of ether oxygens (including phenoxy) is 1. The van der Waals surface area contributed by atoms with Crippen LogP contribution in [0.4, 0.5) is 0 Å². The Morgan fingerprint density at radius 1 is 1.43 bits per heavy atom. The van der Waals surface area contributed by atoms with Crippen molar-refractivity contribution in [1.82, 2.24) is 15.1 Å². The van der Waals surface area contributed by atoms with Crippen molar-refractivity contribution in [3.63, 3.8) is 0 Å². The minimum atomic E-state index is -0.185. The Kier molecular flexibility index (Phi) is 4.94. The number of nitrogens with zero attached hydrogens (tertiary/aromatic N) is 2. The maximum atomic E-state index is 12.1. The fraction of sp³-hybridized carbons (Fsp3) is 0.333. The molecular formula is C15H19N3O3. The van der Waals surface area contributed by atoms with Crippen molar-refractivity contribution in [3.05, 3.63) is 47.3 Å². The van der Waals surface area contributed by atoms with E-state index >= 15 is 0 Å². The molecule has 0 unspecified atom stereocenters. The molecule has 0 saturated heterocycles. The van der Waals surface area contributed by atoms with Gasteiger partial charge in [0.15, 0.2) is 0 Å². The van der Waals surface area contributed by atoms with Crippen LogP contribution in [0.1, 0.15) is 21.7 Å². The summed E-state index contributed by atoms with van der Waals surface area (Å²) < 4.78 is 6.99. The van der Waals surface area contributed by atoms with Gasteiger partial charge in [-0.05, 0) is 19.1 Å². The fourth-order valence-corrected chi connectivity index (χ4v) is 2.04. The van der Waals surface area contributed by atoms with Gasteiger partial charge in [-0.1, -0.05) is 18.2 Å². The minimum absolute atomic E-state index is 0.0466. The SMILES string of the molecule is Cc1cc(C(=O)NCc2ccccc2OCCO)n(C)n1. The van der Waals surface area contributed by atoms with Crippen LogP contribution < -0.4 is 10.1 Å². The molecule has 2 aromatic rings. The number of amides is 1. The van der Waals surface area contributed by atoms with Crippen LogP contribution in [0.2, 0.25) is 0 Å². The first kappa shape index (κ1) is 15.1. The van der Waals surface area contributed by atoms with Gasteiger partial charge < -0.3 is 15.2 Å². The molecule has 21 heavy (non-hydrogen) atoms. The zero-order valence-electron chi connectivity index (χ0n) is 12.2. The molecule has 0 aliphatic heterocycles. The number of nitrogens with one attached hydrogen (secondary N) is 1. The molecule has 0 spiro atoms. The van der Waals surface area contributed by atoms with Crippen LogP contribution in [-0.2, 0) is 13.6 Å². The van der Waals surface area contributed by atoms with Crippen molar-refractivity contribution in [1.29, 1.82) is 0 Å². The smallest absolute Gasteiger partial charge is 0.269 e. The average molecular weight is 289 g/mol. The number of aryl methyl sites for hydroxylation is 2. The van der Waals surface area contributed by atoms with Gasteiger partial charge in [0.1, 0.15) is 18.1 Å². The number of para-hydroxylation sites is 1. The molecule has 112 valence electrons. The second kappa shape index (κ2) is 6.90. The van der Waals surface area contributed by atoms with Crippen molar-refractivity contribution in [3.8, 4) is 5.75 Å². The summed E-state index contributed by atoms with van der Waals surface area (Å²) in [6, 6.07) is 9.15. The summed E-state index contributed by atoms with van der Waals surface area (Å²) in [5.74, 6) is 0.475. The van der Waals surface area contributed by atoms with Crippen molar-refractivity contribution in [2.24, 2.45) is 7.05 Å². The van der Waals surface area contributed by atoms with E-state index in [4.69, 9.17) is 9.84 Å². The van der Waals surface area contributed by atoms with Crippen LogP contribution in [0.25, 0.3) is 0 Å². The largest absolute Gasteiger partial charge is 0.491 e. The number of aliphatic hydroxyl groups excluding tert-OH is 1. The lowest BCUT2D eigenvalue weighted by Crippen LogP contribution is -2.25. The number of rotatable bonds is 6. The highest BCUT2D eigenvalue weighted by molar-refractivity contribution is 5.92. The summed E-state index contributed by atoms with van der Waals surface area (Å²) in [6.45, 7) is 2.38. The van der Waals surface area contributed by atoms with Gasteiger partial charge in [0.2, 0.25) is 0 Å². The lowest BCUT2D eigenvalue weighted by Gasteiger charge is -2.11. The number of carbonyl (C=O) groups excluding carboxylic acids is 1. The van der Waals surface area contributed by atoms with E-state index < -0.39 is 0 Å². The summed E-state index contributed by atoms with van der Waals surface area (Å²) in [7, 11) is 1.74. The van der Waals surface area contributed by atoms with E-state index in [1.807, 2.05) is 31.2 Å². The third-order valence-electron chi connectivity index (χ3n) is 3.00. The van der Waals surface area contributed by atoms with E-state index in [9.17, 15) is 4.79 Å². The molecule has 1 amide bonds. The molecule has 0 saturated carbocycles. The zero-order chi connectivity index (χ0) is 15.2. The van der Waals surface area contributed by atoms with Gasteiger partial charge in [-0.3, -0.25) is 9.48 Å². The molecule has 2 N–H and O–H groups in total. The molecule has 0 aliphatic rings. The van der Waals surface area contributed by atoms with Gasteiger partial charge >= 0.3 is 0 Å².